The molecule has 0 spiro atoms. The van der Waals surface area contributed by atoms with E-state index in [0.29, 0.717) is 24.3 Å². The van der Waals surface area contributed by atoms with Crippen LogP contribution in [0.25, 0.3) is 5.76 Å². The Hall–Kier alpha value is -3.72. The molecule has 3 rings (SSSR count). The van der Waals surface area contributed by atoms with E-state index < -0.39 is 22.7 Å². The number of para-hydroxylation sites is 1. The van der Waals surface area contributed by atoms with Crippen molar-refractivity contribution in [3.05, 3.63) is 75.3 Å². The van der Waals surface area contributed by atoms with Gasteiger partial charge in [0.25, 0.3) is 17.4 Å². The van der Waals surface area contributed by atoms with E-state index in [1.807, 2.05) is 0 Å². The number of ether oxygens (including phenoxy) is 1. The molecule has 1 atom stereocenters. The van der Waals surface area contributed by atoms with Crippen LogP contribution in [0, 0.1) is 10.1 Å². The molecule has 1 saturated heterocycles. The number of methoxy groups -OCH3 is 1. The Labute approximate surface area is 223 Å². The molecule has 9 nitrogen and oxygen atoms in total. The molecule has 2 aromatic carbocycles. The number of nitrogens with zero attached hydrogens (tertiary/aromatic N) is 3. The molecule has 9 heteroatoms. The Morgan fingerprint density at radius 2 is 1.61 bits per heavy atom. The first kappa shape index (κ1) is 28.8. The van der Waals surface area contributed by atoms with Gasteiger partial charge in [-0.15, -0.1) is 0 Å². The van der Waals surface area contributed by atoms with Crippen LogP contribution in [-0.2, 0) is 9.59 Å². The number of aliphatic hydroxyl groups is 1. The molecule has 1 aliphatic rings. The van der Waals surface area contributed by atoms with Gasteiger partial charge in [0.1, 0.15) is 11.5 Å². The highest BCUT2D eigenvalue weighted by Crippen LogP contribution is 2.42. The Morgan fingerprint density at radius 3 is 2.18 bits per heavy atom. The number of likely N-dealkylation sites (tertiary alicyclic amines) is 1. The van der Waals surface area contributed by atoms with Crippen molar-refractivity contribution in [3.8, 4) is 5.75 Å². The summed E-state index contributed by atoms with van der Waals surface area (Å²) in [5.41, 5.74) is 0.617. The summed E-state index contributed by atoms with van der Waals surface area (Å²) in [5.74, 6) is -1.35. The van der Waals surface area contributed by atoms with Gasteiger partial charge in [0.2, 0.25) is 0 Å². The number of nitro benzene ring substituents is 1. The van der Waals surface area contributed by atoms with E-state index in [0.717, 1.165) is 45.3 Å². The topological polar surface area (TPSA) is 113 Å². The zero-order valence-corrected chi connectivity index (χ0v) is 22.4. The summed E-state index contributed by atoms with van der Waals surface area (Å²) in [5, 5.41) is 22.3. The Balaban J connectivity index is 1.97. The van der Waals surface area contributed by atoms with Crippen LogP contribution in [0.5, 0.6) is 5.75 Å². The Kier molecular flexibility index (Phi) is 10.4. The quantitative estimate of drug-likeness (QED) is 0.117. The fourth-order valence-electron chi connectivity index (χ4n) is 4.79. The van der Waals surface area contributed by atoms with E-state index in [1.165, 1.54) is 36.3 Å². The van der Waals surface area contributed by atoms with Crippen molar-refractivity contribution in [2.45, 2.75) is 52.0 Å². The lowest BCUT2D eigenvalue weighted by atomic mass is 9.94. The molecule has 1 heterocycles. The number of aliphatic hydroxyl groups excluding tert-OH is 1. The van der Waals surface area contributed by atoms with Crippen molar-refractivity contribution in [2.75, 3.05) is 33.3 Å². The number of benzene rings is 2. The van der Waals surface area contributed by atoms with Crippen LogP contribution in [0.4, 0.5) is 5.69 Å². The van der Waals surface area contributed by atoms with Crippen LogP contribution in [0.3, 0.4) is 0 Å². The maximum absolute atomic E-state index is 13.3. The molecular formula is C29H37N3O6. The number of Topliss-reactive ketones (excluding diaryl/α,β-unsaturated/α-hetero) is 1. The summed E-state index contributed by atoms with van der Waals surface area (Å²) in [6, 6.07) is 11.5. The lowest BCUT2D eigenvalue weighted by Crippen LogP contribution is -2.34. The highest BCUT2D eigenvalue weighted by Gasteiger charge is 2.46. The Bertz CT molecular complexity index is 1150. The normalized spacial score (nSPS) is 16.8. The first-order valence-electron chi connectivity index (χ1n) is 13.2. The summed E-state index contributed by atoms with van der Waals surface area (Å²) in [7, 11) is 1.51. The van der Waals surface area contributed by atoms with Crippen molar-refractivity contribution in [1.29, 1.82) is 0 Å². The van der Waals surface area contributed by atoms with Crippen LogP contribution >= 0.6 is 0 Å². The van der Waals surface area contributed by atoms with Crippen LogP contribution in [0.1, 0.15) is 63.1 Å². The third kappa shape index (κ3) is 6.58. The third-order valence-corrected chi connectivity index (χ3v) is 6.85. The first-order chi connectivity index (χ1) is 18.3. The molecule has 1 fully saturated rings. The van der Waals surface area contributed by atoms with Gasteiger partial charge in [-0.25, -0.2) is 0 Å². The standard InChI is InChI=1S/C29H37N3O6/c1-4-6-17-30(18-7-5-2)19-10-20-31-26(23-11-8-9-12-24(23)38-3)25(28(34)29(31)35)27(33)21-13-15-22(16-14-21)32(36)37/h8-9,11-16,26,33H,4-7,10,17-20H2,1-3H3/t26-/m0/s1. The number of hydrogen-bond donors (Lipinski definition) is 1. The zero-order valence-electron chi connectivity index (χ0n) is 22.4. The van der Waals surface area contributed by atoms with Gasteiger partial charge in [0.05, 0.1) is 23.6 Å². The van der Waals surface area contributed by atoms with Crippen molar-refractivity contribution in [2.24, 2.45) is 0 Å². The fourth-order valence-corrected chi connectivity index (χ4v) is 4.79. The molecule has 204 valence electrons. The van der Waals surface area contributed by atoms with E-state index in [-0.39, 0.29) is 22.6 Å². The molecule has 0 unspecified atom stereocenters. The van der Waals surface area contributed by atoms with Gasteiger partial charge < -0.3 is 19.6 Å². The number of carbonyl (C=O) groups excluding carboxylic acids is 2. The summed E-state index contributed by atoms with van der Waals surface area (Å²) < 4.78 is 5.55. The highest BCUT2D eigenvalue weighted by molar-refractivity contribution is 6.46. The second-order valence-electron chi connectivity index (χ2n) is 9.44. The number of ketones is 1. The number of unbranched alkanes of at least 4 members (excludes halogenated alkanes) is 2. The van der Waals surface area contributed by atoms with E-state index in [1.54, 1.807) is 24.3 Å². The monoisotopic (exact) mass is 523 g/mol. The second-order valence-corrected chi connectivity index (χ2v) is 9.44. The van der Waals surface area contributed by atoms with Crippen molar-refractivity contribution >= 4 is 23.1 Å². The average molecular weight is 524 g/mol. The van der Waals surface area contributed by atoms with Crippen molar-refractivity contribution in [1.82, 2.24) is 9.80 Å². The Morgan fingerprint density at radius 1 is 1.00 bits per heavy atom. The molecule has 38 heavy (non-hydrogen) atoms. The first-order valence-corrected chi connectivity index (χ1v) is 13.2. The number of hydrogen-bond acceptors (Lipinski definition) is 7. The smallest absolute Gasteiger partial charge is 0.295 e. The number of rotatable bonds is 14. The van der Waals surface area contributed by atoms with Crippen LogP contribution in [0.15, 0.2) is 54.1 Å². The summed E-state index contributed by atoms with van der Waals surface area (Å²) in [6.07, 6.45) is 5.08. The molecule has 2 aromatic rings. The van der Waals surface area contributed by atoms with Gasteiger partial charge >= 0.3 is 0 Å². The summed E-state index contributed by atoms with van der Waals surface area (Å²) >= 11 is 0. The van der Waals surface area contributed by atoms with Gasteiger partial charge in [-0.2, -0.15) is 0 Å². The summed E-state index contributed by atoms with van der Waals surface area (Å²) in [4.78, 5) is 41.0. The molecule has 0 aliphatic carbocycles. The van der Waals surface area contributed by atoms with Crippen molar-refractivity contribution in [3.63, 3.8) is 0 Å². The minimum Gasteiger partial charge on any atom is -0.507 e. The fraction of sp³-hybridized carbons (Fsp3) is 0.448. The number of carbonyl (C=O) groups is 2. The van der Waals surface area contributed by atoms with Crippen LogP contribution < -0.4 is 4.74 Å². The molecule has 0 radical (unpaired) electrons. The van der Waals surface area contributed by atoms with Crippen molar-refractivity contribution < 1.29 is 24.4 Å². The van der Waals surface area contributed by atoms with E-state index in [2.05, 4.69) is 18.7 Å². The second kappa shape index (κ2) is 13.7. The van der Waals surface area contributed by atoms with Gasteiger partial charge in [-0.05, 0) is 57.1 Å². The zero-order chi connectivity index (χ0) is 27.7. The minimum absolute atomic E-state index is 0.0535. The average Bonchev–Trinajstić information content (AvgIpc) is 3.18. The molecular weight excluding hydrogens is 486 g/mol. The lowest BCUT2D eigenvalue weighted by molar-refractivity contribution is -0.384. The minimum atomic E-state index is -0.846. The molecule has 0 saturated carbocycles. The van der Waals surface area contributed by atoms with E-state index >= 15 is 0 Å². The molecule has 0 bridgehead atoms. The third-order valence-electron chi connectivity index (χ3n) is 6.85. The maximum Gasteiger partial charge on any atom is 0.295 e. The number of amides is 1. The van der Waals surface area contributed by atoms with Gasteiger partial charge in [-0.3, -0.25) is 19.7 Å². The molecule has 0 aromatic heterocycles. The number of non-ortho nitro benzene ring substituents is 1. The van der Waals surface area contributed by atoms with Gasteiger partial charge in [0, 0.05) is 29.8 Å². The predicted molar refractivity (Wildman–Crippen MR) is 146 cm³/mol. The molecule has 1 N–H and O–H groups in total. The number of nitro groups is 1. The molecule has 1 aliphatic heterocycles. The van der Waals surface area contributed by atoms with Gasteiger partial charge in [-0.1, -0.05) is 44.9 Å². The molecule has 1 amide bonds. The largest absolute Gasteiger partial charge is 0.507 e. The predicted octanol–water partition coefficient (Wildman–Crippen LogP) is 5.32. The van der Waals surface area contributed by atoms with E-state index in [9.17, 15) is 24.8 Å². The SMILES string of the molecule is CCCCN(CCCC)CCCN1C(=O)C(=O)C(=C(O)c2ccc([N+](=O)[O-])cc2)[C@@H]1c1ccccc1OC. The highest BCUT2D eigenvalue weighted by atomic mass is 16.6. The summed E-state index contributed by atoms with van der Waals surface area (Å²) in [6.45, 7) is 7.44. The van der Waals surface area contributed by atoms with Gasteiger partial charge in [0.15, 0.2) is 0 Å². The lowest BCUT2D eigenvalue weighted by Gasteiger charge is -2.28. The maximum atomic E-state index is 13.3. The van der Waals surface area contributed by atoms with Crippen LogP contribution in [-0.4, -0.2) is 64.8 Å². The van der Waals surface area contributed by atoms with E-state index in [4.69, 9.17) is 4.74 Å². The van der Waals surface area contributed by atoms with Crippen LogP contribution in [0.2, 0.25) is 0 Å².